The number of rotatable bonds is 4. The number of anilines is 1. The fraction of sp³-hybridized carbons (Fsp3) is 0.385. The van der Waals surface area contributed by atoms with Gasteiger partial charge in [-0.05, 0) is 19.9 Å². The Balaban J connectivity index is 2.92. The molecule has 0 saturated heterocycles. The highest BCUT2D eigenvalue weighted by molar-refractivity contribution is 5.53. The summed E-state index contributed by atoms with van der Waals surface area (Å²) in [7, 11) is 1.94. The predicted octanol–water partition coefficient (Wildman–Crippen LogP) is 2.46. The molecular formula is C13H19NO2. The molecule has 1 atom stereocenters. The monoisotopic (exact) mass is 221 g/mol. The first-order valence-electron chi connectivity index (χ1n) is 5.28. The third-order valence-electron chi connectivity index (χ3n) is 2.41. The Labute approximate surface area is 96.6 Å². The predicted molar refractivity (Wildman–Crippen MR) is 66.8 cm³/mol. The fourth-order valence-corrected chi connectivity index (χ4v) is 1.62. The Kier molecular flexibility index (Phi) is 3.96. The van der Waals surface area contributed by atoms with Crippen LogP contribution in [0.5, 0.6) is 5.75 Å². The van der Waals surface area contributed by atoms with Crippen LogP contribution in [0.3, 0.4) is 0 Å². The van der Waals surface area contributed by atoms with Gasteiger partial charge in [0.25, 0.3) is 0 Å². The Bertz CT molecular complexity index is 386. The van der Waals surface area contributed by atoms with Crippen molar-refractivity contribution < 1.29 is 10.2 Å². The second kappa shape index (κ2) is 5.03. The van der Waals surface area contributed by atoms with Gasteiger partial charge in [-0.15, -0.1) is 0 Å². The van der Waals surface area contributed by atoms with E-state index >= 15 is 0 Å². The lowest BCUT2D eigenvalue weighted by Crippen LogP contribution is -2.18. The van der Waals surface area contributed by atoms with Crippen molar-refractivity contribution in [3.63, 3.8) is 0 Å². The maximum Gasteiger partial charge on any atom is 0.123 e. The number of phenolic OH excluding ortho intramolecular Hbond substituents is 1. The molecule has 1 rings (SSSR count). The van der Waals surface area contributed by atoms with Crippen molar-refractivity contribution in [3.8, 4) is 5.75 Å². The van der Waals surface area contributed by atoms with Gasteiger partial charge in [-0.1, -0.05) is 18.2 Å². The van der Waals surface area contributed by atoms with Crippen LogP contribution in [-0.2, 0) is 0 Å². The van der Waals surface area contributed by atoms with Crippen molar-refractivity contribution in [2.75, 3.05) is 18.5 Å². The molecular weight excluding hydrogens is 202 g/mol. The van der Waals surface area contributed by atoms with Crippen LogP contribution < -0.4 is 4.90 Å². The highest BCUT2D eigenvalue weighted by Gasteiger charge is 2.09. The van der Waals surface area contributed by atoms with E-state index in [-0.39, 0.29) is 5.75 Å². The first-order chi connectivity index (χ1) is 7.41. The molecule has 16 heavy (non-hydrogen) atoms. The van der Waals surface area contributed by atoms with Crippen molar-refractivity contribution in [2.24, 2.45) is 0 Å². The molecule has 0 spiro atoms. The minimum absolute atomic E-state index is 0.126. The molecule has 1 aromatic rings. The molecule has 1 unspecified atom stereocenters. The first kappa shape index (κ1) is 12.6. The van der Waals surface area contributed by atoms with E-state index in [1.54, 1.807) is 19.1 Å². The van der Waals surface area contributed by atoms with Gasteiger partial charge < -0.3 is 15.1 Å². The Hall–Kier alpha value is -1.48. The Morgan fingerprint density at radius 3 is 2.56 bits per heavy atom. The number of aliphatic hydroxyl groups is 1. The molecule has 0 fully saturated rings. The van der Waals surface area contributed by atoms with Crippen LogP contribution in [0.4, 0.5) is 5.69 Å². The van der Waals surface area contributed by atoms with Gasteiger partial charge in [0.15, 0.2) is 0 Å². The highest BCUT2D eigenvalue weighted by Crippen LogP contribution is 2.28. The minimum atomic E-state index is -0.652. The van der Waals surface area contributed by atoms with Gasteiger partial charge in [0.1, 0.15) is 5.75 Å². The number of benzene rings is 1. The molecule has 0 bridgehead atoms. The van der Waals surface area contributed by atoms with Gasteiger partial charge in [0.2, 0.25) is 0 Å². The van der Waals surface area contributed by atoms with E-state index in [1.165, 1.54) is 0 Å². The minimum Gasteiger partial charge on any atom is -0.507 e. The van der Waals surface area contributed by atoms with Gasteiger partial charge >= 0.3 is 0 Å². The third-order valence-corrected chi connectivity index (χ3v) is 2.41. The fourth-order valence-electron chi connectivity index (χ4n) is 1.62. The zero-order valence-corrected chi connectivity index (χ0v) is 10.1. The Morgan fingerprint density at radius 2 is 2.12 bits per heavy atom. The van der Waals surface area contributed by atoms with E-state index in [4.69, 9.17) is 0 Å². The topological polar surface area (TPSA) is 43.7 Å². The third kappa shape index (κ3) is 3.00. The number of likely N-dealkylation sites (N-methyl/N-ethyl adjacent to an activating group) is 1. The summed E-state index contributed by atoms with van der Waals surface area (Å²) in [5.41, 5.74) is 2.51. The number of nitrogens with zero attached hydrogens (tertiary/aromatic N) is 1. The average molecular weight is 221 g/mol. The molecule has 2 N–H and O–H groups in total. The molecule has 3 nitrogen and oxygen atoms in total. The molecule has 0 aliphatic rings. The summed E-state index contributed by atoms with van der Waals surface area (Å²) in [6, 6.07) is 5.28. The number of hydrogen-bond donors (Lipinski definition) is 2. The normalized spacial score (nSPS) is 12.2. The van der Waals surface area contributed by atoms with E-state index in [9.17, 15) is 10.2 Å². The summed E-state index contributed by atoms with van der Waals surface area (Å²) >= 11 is 0. The molecule has 3 heteroatoms. The van der Waals surface area contributed by atoms with E-state index < -0.39 is 6.10 Å². The summed E-state index contributed by atoms with van der Waals surface area (Å²) in [5.74, 6) is 0.126. The van der Waals surface area contributed by atoms with E-state index in [1.807, 2.05) is 24.9 Å². The summed E-state index contributed by atoms with van der Waals surface area (Å²) in [6.45, 7) is 8.18. The molecule has 0 aromatic heterocycles. The second-order valence-electron chi connectivity index (χ2n) is 4.23. The van der Waals surface area contributed by atoms with Gasteiger partial charge in [0, 0.05) is 30.9 Å². The molecule has 88 valence electrons. The van der Waals surface area contributed by atoms with Gasteiger partial charge in [0.05, 0.1) is 6.10 Å². The molecule has 1 aromatic carbocycles. The van der Waals surface area contributed by atoms with E-state index in [2.05, 4.69) is 6.58 Å². The molecule has 0 amide bonds. The maximum absolute atomic E-state index is 9.74. The quantitative estimate of drug-likeness (QED) is 0.768. The van der Waals surface area contributed by atoms with Gasteiger partial charge in [-0.25, -0.2) is 0 Å². The summed E-state index contributed by atoms with van der Waals surface area (Å²) in [6.07, 6.45) is -0.652. The summed E-state index contributed by atoms with van der Waals surface area (Å²) < 4.78 is 0. The zero-order valence-electron chi connectivity index (χ0n) is 10.1. The SMILES string of the molecule is C=C(C)CN(C)c1ccc(C(C)O)c(O)c1. The first-order valence-corrected chi connectivity index (χ1v) is 5.28. The van der Waals surface area contributed by atoms with Crippen molar-refractivity contribution in [3.05, 3.63) is 35.9 Å². The second-order valence-corrected chi connectivity index (χ2v) is 4.23. The van der Waals surface area contributed by atoms with Crippen molar-refractivity contribution >= 4 is 5.69 Å². The molecule has 0 aliphatic heterocycles. The molecule has 0 radical (unpaired) electrons. The Morgan fingerprint density at radius 1 is 1.50 bits per heavy atom. The smallest absolute Gasteiger partial charge is 0.123 e. The zero-order chi connectivity index (χ0) is 12.3. The van der Waals surface area contributed by atoms with E-state index in [0.29, 0.717) is 5.56 Å². The van der Waals surface area contributed by atoms with Crippen molar-refractivity contribution in [1.82, 2.24) is 0 Å². The van der Waals surface area contributed by atoms with Crippen LogP contribution >= 0.6 is 0 Å². The highest BCUT2D eigenvalue weighted by atomic mass is 16.3. The van der Waals surface area contributed by atoms with E-state index in [0.717, 1.165) is 17.8 Å². The summed E-state index contributed by atoms with van der Waals surface area (Å²) in [4.78, 5) is 1.99. The molecule has 0 heterocycles. The molecule has 0 aliphatic carbocycles. The van der Waals surface area contributed by atoms with Crippen LogP contribution in [-0.4, -0.2) is 23.8 Å². The summed E-state index contributed by atoms with van der Waals surface area (Å²) in [5, 5.41) is 19.1. The van der Waals surface area contributed by atoms with Crippen LogP contribution in [0.2, 0.25) is 0 Å². The number of aromatic hydroxyl groups is 1. The van der Waals surface area contributed by atoms with Crippen LogP contribution in [0, 0.1) is 0 Å². The maximum atomic E-state index is 9.74. The number of aliphatic hydroxyl groups excluding tert-OH is 1. The van der Waals surface area contributed by atoms with Crippen molar-refractivity contribution in [2.45, 2.75) is 20.0 Å². The lowest BCUT2D eigenvalue weighted by Gasteiger charge is -2.20. The average Bonchev–Trinajstić information content (AvgIpc) is 2.15. The number of phenols is 1. The van der Waals surface area contributed by atoms with Gasteiger partial charge in [-0.3, -0.25) is 0 Å². The number of hydrogen-bond acceptors (Lipinski definition) is 3. The van der Waals surface area contributed by atoms with Gasteiger partial charge in [-0.2, -0.15) is 0 Å². The standard InChI is InChI=1S/C13H19NO2/c1-9(2)8-14(4)11-5-6-12(10(3)15)13(16)7-11/h5-7,10,15-16H,1,8H2,2-4H3. The molecule has 0 saturated carbocycles. The van der Waals surface area contributed by atoms with Crippen LogP contribution in [0.15, 0.2) is 30.4 Å². The van der Waals surface area contributed by atoms with Crippen LogP contribution in [0.1, 0.15) is 25.5 Å². The lowest BCUT2D eigenvalue weighted by atomic mass is 10.1. The lowest BCUT2D eigenvalue weighted by molar-refractivity contribution is 0.195. The van der Waals surface area contributed by atoms with Crippen molar-refractivity contribution in [1.29, 1.82) is 0 Å². The van der Waals surface area contributed by atoms with Crippen LogP contribution in [0.25, 0.3) is 0 Å². The largest absolute Gasteiger partial charge is 0.507 e.